The van der Waals surface area contributed by atoms with Crippen molar-refractivity contribution < 1.29 is 59.0 Å². The smallest absolute Gasteiger partial charge is 0.409 e. The number of carbonyl (C=O) groups excluding carboxylic acids is 1. The van der Waals surface area contributed by atoms with Crippen LogP contribution in [0, 0.1) is 0 Å². The Bertz CT molecular complexity index is 1290. The van der Waals surface area contributed by atoms with Crippen LogP contribution in [0.1, 0.15) is 11.8 Å². The highest BCUT2D eigenvalue weighted by Gasteiger charge is 2.28. The number of carboxylic acid groups (broad SMARTS) is 5. The predicted octanol–water partition coefficient (Wildman–Crippen LogP) is -0.700. The van der Waals surface area contributed by atoms with Crippen LogP contribution < -0.4 is 5.32 Å². The number of nitrogens with zero attached hydrogens (tertiary/aromatic N) is 8. The summed E-state index contributed by atoms with van der Waals surface area (Å²) in [5, 5.41) is 52.9. The number of carbonyl (C=O) groups is 6. The molecule has 1 aromatic carbocycles. The molecule has 0 saturated carbocycles. The molecule has 0 radical (unpaired) electrons. The van der Waals surface area contributed by atoms with E-state index in [0.717, 1.165) is 4.90 Å². The molecule has 1 aliphatic rings. The third-order valence-electron chi connectivity index (χ3n) is 7.27. The molecule has 1 aliphatic heterocycles. The molecule has 1 saturated heterocycles. The molecule has 0 aromatic heterocycles. The van der Waals surface area contributed by atoms with E-state index in [0.29, 0.717) is 13.1 Å². The lowest BCUT2D eigenvalue weighted by atomic mass is 10.1. The molecule has 1 fully saturated rings. The van der Waals surface area contributed by atoms with Gasteiger partial charge in [-0.2, -0.15) is 0 Å². The van der Waals surface area contributed by atoms with Crippen LogP contribution >= 0.6 is 0 Å². The average molecular weight is 696 g/mol. The van der Waals surface area contributed by atoms with Crippen molar-refractivity contribution in [2.75, 3.05) is 98.2 Å². The summed E-state index contributed by atoms with van der Waals surface area (Å²) in [5.74, 6) is -5.95. The molecule has 0 aliphatic carbocycles. The molecule has 1 amide bonds. The molecule has 1 aromatic rings. The summed E-state index contributed by atoms with van der Waals surface area (Å²) in [7, 11) is 0. The summed E-state index contributed by atoms with van der Waals surface area (Å²) < 4.78 is 5.49. The van der Waals surface area contributed by atoms with Crippen LogP contribution in [-0.2, 0) is 28.7 Å². The standard InChI is InChI=1S/C28H41N9O12/c29-32-31-21-3-1-20(2-4-21)27(37(18-25(44)45)19-26(46)47)49-28(48)30-5-6-33-7-9-34(15-22(38)39)11-13-36(17-24(42)43)14-12-35(10-8-33)16-23(40)41/h1-4,27H,5-19H2,(H,30,48)(H,38,39)(H,40,41)(H,42,43)(H,44,45)(H,46,47). The van der Waals surface area contributed by atoms with Gasteiger partial charge in [-0.1, -0.05) is 29.4 Å². The molecular weight excluding hydrogens is 654 g/mol. The third kappa shape index (κ3) is 16.6. The minimum Gasteiger partial charge on any atom is -0.480 e. The van der Waals surface area contributed by atoms with E-state index in [1.165, 1.54) is 24.3 Å². The highest BCUT2D eigenvalue weighted by atomic mass is 16.6. The van der Waals surface area contributed by atoms with E-state index in [1.54, 1.807) is 14.7 Å². The third-order valence-corrected chi connectivity index (χ3v) is 7.27. The monoisotopic (exact) mass is 695 g/mol. The molecular formula is C28H41N9O12. The van der Waals surface area contributed by atoms with Gasteiger partial charge in [0.1, 0.15) is 13.1 Å². The van der Waals surface area contributed by atoms with Gasteiger partial charge in [-0.15, -0.1) is 0 Å². The Morgan fingerprint density at radius 2 is 1.12 bits per heavy atom. The van der Waals surface area contributed by atoms with E-state index in [4.69, 9.17) is 10.3 Å². The lowest BCUT2D eigenvalue weighted by molar-refractivity contribution is -0.147. The Labute approximate surface area is 280 Å². The van der Waals surface area contributed by atoms with E-state index in [9.17, 15) is 54.3 Å². The summed E-state index contributed by atoms with van der Waals surface area (Å²) in [5.41, 5.74) is 9.08. The number of hydrogen-bond donors (Lipinski definition) is 6. The quantitative estimate of drug-likeness (QED) is 0.0508. The Morgan fingerprint density at radius 3 is 1.49 bits per heavy atom. The van der Waals surface area contributed by atoms with Crippen LogP contribution in [0.5, 0.6) is 0 Å². The van der Waals surface area contributed by atoms with E-state index in [-0.39, 0.29) is 83.2 Å². The first-order valence-corrected chi connectivity index (χ1v) is 15.1. The van der Waals surface area contributed by atoms with Crippen molar-refractivity contribution in [3.63, 3.8) is 0 Å². The van der Waals surface area contributed by atoms with Crippen molar-refractivity contribution in [1.82, 2.24) is 29.8 Å². The Kier molecular flexibility index (Phi) is 17.2. The summed E-state index contributed by atoms with van der Waals surface area (Å²) in [6, 6.07) is 5.54. The molecule has 21 nitrogen and oxygen atoms in total. The van der Waals surface area contributed by atoms with Gasteiger partial charge in [0.05, 0.1) is 19.6 Å². The number of azide groups is 1. The number of ether oxygens (including phenoxy) is 1. The fourth-order valence-corrected chi connectivity index (χ4v) is 4.99. The van der Waals surface area contributed by atoms with Crippen LogP contribution in [0.25, 0.3) is 10.4 Å². The lowest BCUT2D eigenvalue weighted by Crippen LogP contribution is -2.49. The van der Waals surface area contributed by atoms with Gasteiger partial charge in [-0.3, -0.25) is 43.6 Å². The van der Waals surface area contributed by atoms with Gasteiger partial charge in [0.25, 0.3) is 0 Å². The van der Waals surface area contributed by atoms with E-state index in [1.807, 2.05) is 4.90 Å². The topological polar surface area (TPSA) is 290 Å². The molecule has 1 heterocycles. The summed E-state index contributed by atoms with van der Waals surface area (Å²) >= 11 is 0. The molecule has 0 bridgehead atoms. The number of alkyl carbamates (subject to hydrolysis) is 1. The number of nitrogens with one attached hydrogen (secondary N) is 1. The van der Waals surface area contributed by atoms with Gasteiger partial charge in [0.2, 0.25) is 0 Å². The second-order valence-electron chi connectivity index (χ2n) is 11.0. The average Bonchev–Trinajstić information content (AvgIpc) is 3.00. The molecule has 0 spiro atoms. The summed E-state index contributed by atoms with van der Waals surface area (Å²) in [4.78, 5) is 80.7. The first-order chi connectivity index (χ1) is 23.2. The number of carboxylic acids is 5. The van der Waals surface area contributed by atoms with Crippen molar-refractivity contribution >= 4 is 41.6 Å². The number of aliphatic carboxylic acids is 5. The fourth-order valence-electron chi connectivity index (χ4n) is 4.99. The Balaban J connectivity index is 2.18. The van der Waals surface area contributed by atoms with Crippen molar-refractivity contribution in [2.45, 2.75) is 6.23 Å². The SMILES string of the molecule is [N-]=[N+]=Nc1ccc(C(OC(=O)NCCN2CCN(CC(=O)O)CCN(CC(=O)O)CCN(CC(=O)O)CC2)N(CC(=O)O)CC(=O)O)cc1. The van der Waals surface area contributed by atoms with Gasteiger partial charge < -0.3 is 35.6 Å². The highest BCUT2D eigenvalue weighted by molar-refractivity contribution is 5.73. The van der Waals surface area contributed by atoms with Crippen LogP contribution in [-0.4, -0.2) is 184 Å². The highest BCUT2D eigenvalue weighted by Crippen LogP contribution is 2.25. The largest absolute Gasteiger partial charge is 0.480 e. The van der Waals surface area contributed by atoms with Gasteiger partial charge in [-0.25, -0.2) is 9.69 Å². The van der Waals surface area contributed by atoms with Gasteiger partial charge in [0.15, 0.2) is 6.23 Å². The van der Waals surface area contributed by atoms with Crippen molar-refractivity contribution in [3.05, 3.63) is 40.3 Å². The van der Waals surface area contributed by atoms with E-state index in [2.05, 4.69) is 15.3 Å². The van der Waals surface area contributed by atoms with Crippen LogP contribution in [0.4, 0.5) is 10.5 Å². The first kappa shape index (κ1) is 40.1. The molecule has 6 N–H and O–H groups in total. The second-order valence-corrected chi connectivity index (χ2v) is 11.0. The Hall–Kier alpha value is -5.05. The minimum atomic E-state index is -1.45. The van der Waals surface area contributed by atoms with Crippen LogP contribution in [0.3, 0.4) is 0 Å². The molecule has 49 heavy (non-hydrogen) atoms. The second kappa shape index (κ2) is 21.0. The zero-order chi connectivity index (χ0) is 36.3. The maximum Gasteiger partial charge on any atom is 0.409 e. The van der Waals surface area contributed by atoms with Gasteiger partial charge in [-0.05, 0) is 5.53 Å². The summed E-state index contributed by atoms with van der Waals surface area (Å²) in [6.45, 7) is -0.124. The number of rotatable bonds is 17. The van der Waals surface area contributed by atoms with Crippen molar-refractivity contribution in [3.8, 4) is 0 Å². The number of benzene rings is 1. The summed E-state index contributed by atoms with van der Waals surface area (Å²) in [6.07, 6.45) is -2.46. The van der Waals surface area contributed by atoms with Gasteiger partial charge in [0, 0.05) is 81.6 Å². The van der Waals surface area contributed by atoms with Crippen molar-refractivity contribution in [2.24, 2.45) is 5.11 Å². The number of amides is 1. The van der Waals surface area contributed by atoms with E-state index >= 15 is 0 Å². The zero-order valence-corrected chi connectivity index (χ0v) is 26.7. The Morgan fingerprint density at radius 1 is 0.714 bits per heavy atom. The van der Waals surface area contributed by atoms with Gasteiger partial charge >= 0.3 is 35.9 Å². The minimum absolute atomic E-state index is 0.0104. The molecule has 1 atom stereocenters. The lowest BCUT2D eigenvalue weighted by Gasteiger charge is -2.33. The fraction of sp³-hybridized carbons (Fsp3) is 0.571. The predicted molar refractivity (Wildman–Crippen MR) is 168 cm³/mol. The maximum atomic E-state index is 12.9. The number of hydrogen-bond acceptors (Lipinski definition) is 13. The van der Waals surface area contributed by atoms with E-state index < -0.39 is 55.3 Å². The first-order valence-electron chi connectivity index (χ1n) is 15.1. The van der Waals surface area contributed by atoms with Crippen LogP contribution in [0.15, 0.2) is 29.4 Å². The normalized spacial score (nSPS) is 16.3. The zero-order valence-electron chi connectivity index (χ0n) is 26.7. The molecule has 21 heteroatoms. The molecule has 1 unspecified atom stereocenters. The van der Waals surface area contributed by atoms with Crippen LogP contribution in [0.2, 0.25) is 0 Å². The molecule has 270 valence electrons. The maximum absolute atomic E-state index is 12.9. The molecule has 2 rings (SSSR count). The van der Waals surface area contributed by atoms with Crippen molar-refractivity contribution in [1.29, 1.82) is 0 Å².